The first-order valence-corrected chi connectivity index (χ1v) is 17.3. The van der Waals surface area contributed by atoms with Crippen molar-refractivity contribution in [3.63, 3.8) is 0 Å². The van der Waals surface area contributed by atoms with E-state index in [9.17, 15) is 4.79 Å². The van der Waals surface area contributed by atoms with Crippen LogP contribution < -0.4 is 5.73 Å². The summed E-state index contributed by atoms with van der Waals surface area (Å²) in [7, 11) is 1.76. The minimum atomic E-state index is -0.131. The van der Waals surface area contributed by atoms with Crippen LogP contribution in [-0.2, 0) is 9.47 Å². The Morgan fingerprint density at radius 1 is 1.16 bits per heavy atom. The number of carbonyl (C=O) groups excluding carboxylic acids is 1. The Bertz CT molecular complexity index is 1430. The van der Waals surface area contributed by atoms with E-state index < -0.39 is 0 Å². The van der Waals surface area contributed by atoms with Gasteiger partial charge in [0.05, 0.1) is 25.0 Å². The first-order chi connectivity index (χ1) is 22.3. The lowest BCUT2D eigenvalue weighted by atomic mass is 9.59. The molecule has 274 valence electrons. The number of aliphatic imine (C=N–C) groups is 2. The average Bonchev–Trinajstić information content (AvgIpc) is 3.00. The van der Waals surface area contributed by atoms with E-state index in [2.05, 4.69) is 59.8 Å². The van der Waals surface area contributed by atoms with E-state index in [0.717, 1.165) is 79.9 Å². The molecule has 0 bridgehead atoms. The minimum Gasteiger partial charge on any atom is -0.412 e. The molecule has 2 aromatic carbocycles. The molecular formula is C38H61N5O5S. The Balaban J connectivity index is 0.00000417. The molecule has 2 aliphatic rings. The molecule has 2 aromatic rings. The maximum atomic E-state index is 14.3. The summed E-state index contributed by atoms with van der Waals surface area (Å²) in [4.78, 5) is 28.7. The fourth-order valence-electron chi connectivity index (χ4n) is 7.26. The number of methoxy groups -OCH3 is 1. The molecule has 6 N–H and O–H groups in total. The zero-order valence-electron chi connectivity index (χ0n) is 30.3. The Morgan fingerprint density at radius 2 is 1.80 bits per heavy atom. The molecule has 0 unspecified atom stereocenters. The second-order valence-electron chi connectivity index (χ2n) is 14.6. The molecule has 11 heteroatoms. The first-order valence-electron chi connectivity index (χ1n) is 16.8. The first kappa shape index (κ1) is 42.1. The smallest absolute Gasteiger partial charge is 0.254 e. The molecular weight excluding hydrogens is 639 g/mol. The molecule has 1 saturated heterocycles. The summed E-state index contributed by atoms with van der Waals surface area (Å²) < 4.78 is 11.5. The highest BCUT2D eigenvalue weighted by molar-refractivity contribution is 7.80. The van der Waals surface area contributed by atoms with Crippen LogP contribution >= 0.6 is 12.6 Å². The number of guanidine groups is 1. The van der Waals surface area contributed by atoms with Crippen molar-refractivity contribution in [1.82, 2.24) is 9.80 Å². The molecule has 49 heavy (non-hydrogen) atoms. The number of thiol groups is 1. The number of rotatable bonds is 13. The molecule has 1 amide bonds. The number of likely N-dealkylation sites (tertiary alicyclic amines) is 1. The number of nitrogens with two attached hydrogens (primary N) is 1. The van der Waals surface area contributed by atoms with Crippen LogP contribution in [0.4, 0.5) is 0 Å². The van der Waals surface area contributed by atoms with Crippen LogP contribution in [0.5, 0.6) is 0 Å². The lowest BCUT2D eigenvalue weighted by Crippen LogP contribution is -2.60. The lowest BCUT2D eigenvalue weighted by Gasteiger charge is -2.56. The van der Waals surface area contributed by atoms with E-state index >= 15 is 0 Å². The van der Waals surface area contributed by atoms with Gasteiger partial charge < -0.3 is 36.0 Å². The van der Waals surface area contributed by atoms with E-state index in [1.54, 1.807) is 13.2 Å². The number of aryl methyl sites for hydroxylation is 2. The maximum absolute atomic E-state index is 14.3. The number of carbonyl (C=O) groups is 1. The second-order valence-corrected chi connectivity index (χ2v) is 15.1. The van der Waals surface area contributed by atoms with Crippen LogP contribution in [-0.4, -0.2) is 97.1 Å². The molecule has 0 radical (unpaired) electrons. The number of amides is 1. The van der Waals surface area contributed by atoms with Crippen molar-refractivity contribution < 1.29 is 26.6 Å². The highest BCUT2D eigenvalue weighted by Crippen LogP contribution is 2.52. The van der Waals surface area contributed by atoms with E-state index in [1.807, 2.05) is 56.3 Å². The molecule has 1 heterocycles. The summed E-state index contributed by atoms with van der Waals surface area (Å²) in [6.45, 7) is 19.0. The molecule has 1 spiro atoms. The van der Waals surface area contributed by atoms with Gasteiger partial charge in [-0.15, -0.1) is 12.6 Å². The lowest BCUT2D eigenvalue weighted by molar-refractivity contribution is -0.0625. The molecule has 1 atom stereocenters. The average molecular weight is 700 g/mol. The van der Waals surface area contributed by atoms with Gasteiger partial charge in [-0.25, -0.2) is 9.98 Å². The van der Waals surface area contributed by atoms with Gasteiger partial charge >= 0.3 is 0 Å². The van der Waals surface area contributed by atoms with Crippen LogP contribution in [0.3, 0.4) is 0 Å². The summed E-state index contributed by atoms with van der Waals surface area (Å²) in [5.41, 5.74) is 11.1. The number of hydrogen-bond donors (Lipinski definition) is 2. The van der Waals surface area contributed by atoms with Crippen LogP contribution in [0.15, 0.2) is 70.0 Å². The molecule has 0 aromatic heterocycles. The van der Waals surface area contributed by atoms with Gasteiger partial charge in [-0.05, 0) is 105 Å². The van der Waals surface area contributed by atoms with Crippen LogP contribution in [0, 0.1) is 24.7 Å². The summed E-state index contributed by atoms with van der Waals surface area (Å²) >= 11 is 4.54. The highest BCUT2D eigenvalue weighted by Gasteiger charge is 2.50. The Hall–Kier alpha value is -3.06. The van der Waals surface area contributed by atoms with Crippen molar-refractivity contribution in [2.45, 2.75) is 83.7 Å². The van der Waals surface area contributed by atoms with Gasteiger partial charge in [0.25, 0.3) is 5.91 Å². The van der Waals surface area contributed by atoms with Crippen molar-refractivity contribution in [1.29, 1.82) is 0 Å². The molecule has 1 saturated carbocycles. The summed E-state index contributed by atoms with van der Waals surface area (Å²) in [6, 6.07) is 13.7. The van der Waals surface area contributed by atoms with Crippen molar-refractivity contribution in [2.24, 2.45) is 26.5 Å². The fourth-order valence-corrected chi connectivity index (χ4v) is 7.48. The standard InChI is InChI=1S/C38H55N5O3S.2H2O.H2/c1-8-33(34-27(2)11-9-12-28(34)3)41-36(39)40-26-46-25-31(22-37(4,5)6)43(35(44)29-13-10-14-32(47)21-29)30-23-38(24-30)15-17-42(18-16-38)19-20-45-7;;;/h8-14,21,30-31,47H,1,15-20,22-26H2,2-7H3,(H2,39,40);2*1H2;1H/b41-33+;;;/t31-;;;/m1.../s1. The van der Waals surface area contributed by atoms with Gasteiger partial charge in [0.2, 0.25) is 5.96 Å². The summed E-state index contributed by atoms with van der Waals surface area (Å²) in [6.07, 6.45) is 6.84. The van der Waals surface area contributed by atoms with Crippen molar-refractivity contribution >= 4 is 30.2 Å². The van der Waals surface area contributed by atoms with Gasteiger partial charge in [-0.1, -0.05) is 51.6 Å². The predicted octanol–water partition coefficient (Wildman–Crippen LogP) is 5.29. The Morgan fingerprint density at radius 3 is 2.37 bits per heavy atom. The second kappa shape index (κ2) is 18.8. The van der Waals surface area contributed by atoms with Gasteiger partial charge in [0.15, 0.2) is 0 Å². The molecule has 2 fully saturated rings. The zero-order valence-corrected chi connectivity index (χ0v) is 31.2. The van der Waals surface area contributed by atoms with E-state index in [-0.39, 0.29) is 48.5 Å². The minimum absolute atomic E-state index is 0. The predicted molar refractivity (Wildman–Crippen MR) is 205 cm³/mol. The molecule has 1 aliphatic heterocycles. The third kappa shape index (κ3) is 11.5. The molecule has 4 rings (SSSR count). The summed E-state index contributed by atoms with van der Waals surface area (Å²) in [5.74, 6) is 0.166. The topological polar surface area (TPSA) is 156 Å². The number of ether oxygens (including phenoxy) is 2. The van der Waals surface area contributed by atoms with Crippen LogP contribution in [0.2, 0.25) is 0 Å². The normalized spacial score (nSPS) is 17.4. The number of allylic oxidation sites excluding steroid dienone is 1. The number of benzene rings is 2. The number of hydrogen-bond acceptors (Lipinski definition) is 6. The number of nitrogens with zero attached hydrogens (tertiary/aromatic N) is 4. The number of piperidine rings is 1. The van der Waals surface area contributed by atoms with Crippen molar-refractivity contribution in [2.75, 3.05) is 46.7 Å². The van der Waals surface area contributed by atoms with E-state index in [4.69, 9.17) is 15.2 Å². The van der Waals surface area contributed by atoms with Crippen molar-refractivity contribution in [3.05, 3.63) is 77.4 Å². The molecule has 1 aliphatic carbocycles. The van der Waals surface area contributed by atoms with E-state index in [0.29, 0.717) is 23.3 Å². The van der Waals surface area contributed by atoms with Gasteiger partial charge in [-0.2, -0.15) is 0 Å². The third-order valence-corrected chi connectivity index (χ3v) is 9.90. The maximum Gasteiger partial charge on any atom is 0.254 e. The van der Waals surface area contributed by atoms with Gasteiger partial charge in [-0.3, -0.25) is 4.79 Å². The Kier molecular flexibility index (Phi) is 16.2. The monoisotopic (exact) mass is 699 g/mol. The molecule has 10 nitrogen and oxygen atoms in total. The van der Waals surface area contributed by atoms with Gasteiger partial charge in [0.1, 0.15) is 6.73 Å². The van der Waals surface area contributed by atoms with E-state index in [1.165, 1.54) is 0 Å². The van der Waals surface area contributed by atoms with Crippen LogP contribution in [0.25, 0.3) is 0 Å². The summed E-state index contributed by atoms with van der Waals surface area (Å²) in [5, 5.41) is 0. The fraction of sp³-hybridized carbons (Fsp3) is 0.553. The van der Waals surface area contributed by atoms with Gasteiger partial charge in [0, 0.05) is 37.1 Å². The van der Waals surface area contributed by atoms with Crippen LogP contribution in [0.1, 0.15) is 81.4 Å². The SMILES string of the molecule is C=C/C(=N\C(N)=N/COC[C@@H](CC(C)(C)C)N(C(=O)c1cccc(S)c1)C1CC2(CCN(CCOC)CC2)C1)c1c(C)cccc1C.O.O.[HH]. The quantitative estimate of drug-likeness (QED) is 0.126. The third-order valence-electron chi connectivity index (χ3n) is 9.62. The Labute approximate surface area is 300 Å². The zero-order chi connectivity index (χ0) is 34.2. The largest absolute Gasteiger partial charge is 0.412 e. The highest BCUT2D eigenvalue weighted by atomic mass is 32.1. The van der Waals surface area contributed by atoms with Crippen molar-refractivity contribution in [3.8, 4) is 0 Å².